The molecule has 30 nitrogen and oxygen atoms in total. The molecule has 0 aromatic heterocycles. The molecule has 6 aliphatic heterocycles. The van der Waals surface area contributed by atoms with Crippen molar-refractivity contribution in [1.29, 1.82) is 0 Å². The lowest BCUT2D eigenvalue weighted by Gasteiger charge is -2.40. The SMILES string of the molecule is COC[C@@H]1C[C@@H](CP(=O)(O)OC[C@@H]2C[C@@H](OP(=O)(O)OC[C@@H]3C[C@@H](O)CN3C(=O)CCCO[C@@H]3OC(CO)[C@H](O)[C@H](O)C3C)CN2C(=O)CCCO[C@@H]2OC(CO)[C@H](O)[C@H](O)C2C)CN1C(=O)CCCO[C@@H]1OC(CO)[C@H](O)[C@H](O)C1C. The number of nitrogens with zero attached hydrogens (tertiary/aromatic N) is 3. The van der Waals surface area contributed by atoms with E-state index in [1.165, 1.54) is 16.9 Å². The third-order valence-electron chi connectivity index (χ3n) is 16.3. The molecule has 6 aliphatic rings. The van der Waals surface area contributed by atoms with Crippen molar-refractivity contribution in [3.63, 3.8) is 0 Å². The van der Waals surface area contributed by atoms with Gasteiger partial charge in [-0.3, -0.25) is 28.0 Å². The van der Waals surface area contributed by atoms with Gasteiger partial charge in [-0.1, -0.05) is 20.8 Å². The average molecular weight is 1230 g/mol. The predicted octanol–water partition coefficient (Wildman–Crippen LogP) is -3.27. The van der Waals surface area contributed by atoms with Gasteiger partial charge in [-0.25, -0.2) is 4.57 Å². The minimum Gasteiger partial charge on any atom is -0.394 e. The maximum absolute atomic E-state index is 13.9. The number of aliphatic hydroxyl groups excluding tert-OH is 10. The number of phosphoric ester groups is 1. The highest BCUT2D eigenvalue weighted by Crippen LogP contribution is 2.49. The lowest BCUT2D eigenvalue weighted by Crippen LogP contribution is -2.55. The van der Waals surface area contributed by atoms with E-state index in [0.717, 1.165) is 0 Å². The first-order chi connectivity index (χ1) is 38.8. The lowest BCUT2D eigenvalue weighted by atomic mass is 9.92. The van der Waals surface area contributed by atoms with E-state index in [4.69, 9.17) is 46.7 Å². The third kappa shape index (κ3) is 18.5. The van der Waals surface area contributed by atoms with Gasteiger partial charge in [0.05, 0.1) is 114 Å². The van der Waals surface area contributed by atoms with Gasteiger partial charge in [0.2, 0.25) is 17.7 Å². The van der Waals surface area contributed by atoms with Gasteiger partial charge in [0.1, 0.15) is 36.6 Å². The molecule has 12 N–H and O–H groups in total. The first kappa shape index (κ1) is 69.1. The number of aliphatic hydroxyl groups is 10. The Morgan fingerprint density at radius 2 is 0.915 bits per heavy atom. The number of rotatable bonds is 30. The number of ether oxygens (including phenoxy) is 7. The zero-order valence-corrected chi connectivity index (χ0v) is 48.7. The van der Waals surface area contributed by atoms with Crippen LogP contribution in [0.1, 0.15) is 78.6 Å². The molecule has 476 valence electrons. The van der Waals surface area contributed by atoms with Crippen molar-refractivity contribution in [2.75, 3.05) is 92.4 Å². The first-order valence-electron chi connectivity index (χ1n) is 28.2. The molecule has 6 rings (SSSR count). The van der Waals surface area contributed by atoms with E-state index in [2.05, 4.69) is 0 Å². The zero-order valence-electron chi connectivity index (χ0n) is 46.9. The summed E-state index contributed by atoms with van der Waals surface area (Å²) in [6.07, 6.45) is -15.9. The molecule has 0 saturated carbocycles. The number of methoxy groups -OCH3 is 1. The van der Waals surface area contributed by atoms with Crippen molar-refractivity contribution >= 4 is 33.1 Å². The molecule has 6 fully saturated rings. The minimum atomic E-state index is -4.97. The van der Waals surface area contributed by atoms with Gasteiger partial charge in [0.25, 0.3) is 0 Å². The van der Waals surface area contributed by atoms with Crippen LogP contribution in [0.15, 0.2) is 0 Å². The zero-order chi connectivity index (χ0) is 60.2. The van der Waals surface area contributed by atoms with Gasteiger partial charge in [-0.15, -0.1) is 0 Å². The largest absolute Gasteiger partial charge is 0.472 e. The monoisotopic (exact) mass is 1230 g/mol. The number of likely N-dealkylation sites (tertiary alicyclic amines) is 3. The van der Waals surface area contributed by atoms with E-state index in [1.807, 2.05) is 0 Å². The van der Waals surface area contributed by atoms with E-state index in [9.17, 15) is 84.4 Å². The van der Waals surface area contributed by atoms with Crippen LogP contribution >= 0.6 is 15.4 Å². The summed E-state index contributed by atoms with van der Waals surface area (Å²) in [5.41, 5.74) is 0. The van der Waals surface area contributed by atoms with Crippen LogP contribution in [0.4, 0.5) is 0 Å². The summed E-state index contributed by atoms with van der Waals surface area (Å²) in [5, 5.41) is 101. The second kappa shape index (κ2) is 31.8. The van der Waals surface area contributed by atoms with Crippen LogP contribution in [0.5, 0.6) is 0 Å². The van der Waals surface area contributed by atoms with Crippen LogP contribution in [0.2, 0.25) is 0 Å². The summed E-state index contributed by atoms with van der Waals surface area (Å²) in [5.74, 6) is -3.68. The van der Waals surface area contributed by atoms with Crippen LogP contribution in [0, 0.1) is 23.7 Å². The molecular weight excluding hydrogens is 1140 g/mol. The summed E-state index contributed by atoms with van der Waals surface area (Å²) < 4.78 is 83.5. The predicted molar refractivity (Wildman–Crippen MR) is 279 cm³/mol. The van der Waals surface area contributed by atoms with E-state index >= 15 is 0 Å². The third-order valence-corrected chi connectivity index (χ3v) is 18.8. The Morgan fingerprint density at radius 3 is 1.34 bits per heavy atom. The Kier molecular flexibility index (Phi) is 26.8. The van der Waals surface area contributed by atoms with Gasteiger partial charge in [-0.2, -0.15) is 0 Å². The van der Waals surface area contributed by atoms with E-state index < -0.39 is 188 Å². The summed E-state index contributed by atoms with van der Waals surface area (Å²) in [7, 11) is -7.98. The first-order valence-corrected chi connectivity index (χ1v) is 31.5. The molecule has 6 heterocycles. The van der Waals surface area contributed by atoms with E-state index in [-0.39, 0.29) is 109 Å². The molecule has 0 bridgehead atoms. The van der Waals surface area contributed by atoms with Crippen LogP contribution in [0.25, 0.3) is 0 Å². The number of hydrogen-bond acceptors (Lipinski definition) is 25. The fraction of sp³-hybridized carbons (Fsp3) is 0.940. The Labute approximate surface area is 476 Å². The van der Waals surface area contributed by atoms with E-state index in [1.54, 1.807) is 25.7 Å². The Morgan fingerprint density at radius 1 is 0.524 bits per heavy atom. The maximum Gasteiger partial charge on any atom is 0.472 e. The standard InChI is InChI=1S/C50H89N3O27P2/c1-27-42(61)45(64)36(20-54)77-48(27)72-11-5-8-39(58)51-17-30(14-31(51)23-71-4)26-81(67,68)75-24-33-16-35(19-53(33)41(60)10-7-13-74-50-29(3)44(63)47(66)38(22-56)79-50)80-82(69,70)76-25-32-15-34(57)18-52(32)40(59)9-6-12-73-49-28(2)43(62)46(65)37(21-55)78-49/h27-38,42-50,54-57,61-66H,5-26H2,1-4H3,(H,67,68)(H,69,70)/t27?,28?,29?,30-,31+,32+,33+,34-,35-,36?,37?,38?,42-,43-,44-,45+,46+,47+,48-,49-,50-/m1/s1. The van der Waals surface area contributed by atoms with Gasteiger partial charge in [0, 0.05) is 63.8 Å². The van der Waals surface area contributed by atoms with E-state index in [0.29, 0.717) is 6.42 Å². The second-order valence-electron chi connectivity index (χ2n) is 22.5. The van der Waals surface area contributed by atoms with Crippen molar-refractivity contribution < 1.29 is 131 Å². The summed E-state index contributed by atoms with van der Waals surface area (Å²) >= 11 is 0. The number of phosphoric acid groups is 1. The molecule has 0 aromatic rings. The van der Waals surface area contributed by atoms with Crippen LogP contribution in [-0.2, 0) is 70.2 Å². The molecule has 32 heteroatoms. The van der Waals surface area contributed by atoms with Crippen LogP contribution < -0.4 is 0 Å². The second-order valence-corrected chi connectivity index (χ2v) is 25.8. The van der Waals surface area contributed by atoms with Crippen molar-refractivity contribution in [2.24, 2.45) is 23.7 Å². The Bertz CT molecular complexity index is 2100. The molecule has 0 aromatic carbocycles. The molecule has 0 spiro atoms. The highest BCUT2D eigenvalue weighted by molar-refractivity contribution is 7.52. The number of carbonyl (C=O) groups excluding carboxylic acids is 3. The molecule has 6 saturated heterocycles. The molecular formula is C50H89N3O27P2. The lowest BCUT2D eigenvalue weighted by molar-refractivity contribution is -0.282. The highest BCUT2D eigenvalue weighted by atomic mass is 31.2. The topological polar surface area (TPSA) is 430 Å². The van der Waals surface area contributed by atoms with Crippen LogP contribution in [-0.4, -0.2) is 290 Å². The summed E-state index contributed by atoms with van der Waals surface area (Å²) in [6, 6.07) is -2.26. The maximum atomic E-state index is 13.9. The number of carbonyl (C=O) groups is 3. The smallest absolute Gasteiger partial charge is 0.394 e. The van der Waals surface area contributed by atoms with Crippen molar-refractivity contribution in [1.82, 2.24) is 14.7 Å². The average Bonchev–Trinajstić information content (AvgIpc) is 4.26. The molecule has 3 amide bonds. The van der Waals surface area contributed by atoms with Gasteiger partial charge in [-0.05, 0) is 44.4 Å². The van der Waals surface area contributed by atoms with Crippen molar-refractivity contribution in [3.8, 4) is 0 Å². The molecule has 0 aliphatic carbocycles. The van der Waals surface area contributed by atoms with Crippen molar-refractivity contribution in [2.45, 2.75) is 183 Å². The molecule has 82 heavy (non-hydrogen) atoms. The summed E-state index contributed by atoms with van der Waals surface area (Å²) in [4.78, 5) is 67.2. The Hall–Kier alpha value is -2.01. The van der Waals surface area contributed by atoms with Gasteiger partial charge < -0.3 is 113 Å². The van der Waals surface area contributed by atoms with Gasteiger partial charge in [0.15, 0.2) is 18.9 Å². The molecule has 0 radical (unpaired) electrons. The van der Waals surface area contributed by atoms with Crippen LogP contribution in [0.3, 0.4) is 0 Å². The number of amides is 3. The fourth-order valence-corrected chi connectivity index (χ4v) is 13.9. The Balaban J connectivity index is 1.02. The molecule has 8 unspecified atom stereocenters. The molecule has 23 atom stereocenters. The van der Waals surface area contributed by atoms with Gasteiger partial charge >= 0.3 is 15.4 Å². The number of β-amino-alcohol motifs (C(OH)–C–C–N with tert-alkyl or cyclic N) is 1. The summed E-state index contributed by atoms with van der Waals surface area (Å²) in [6.45, 7) is 1.92. The van der Waals surface area contributed by atoms with Crippen molar-refractivity contribution in [3.05, 3.63) is 0 Å². The number of hydrogen-bond donors (Lipinski definition) is 12. The fourth-order valence-electron chi connectivity index (χ4n) is 11.5. The minimum absolute atomic E-state index is 0.00343. The quantitative estimate of drug-likeness (QED) is 0.0248. The highest BCUT2D eigenvalue weighted by Gasteiger charge is 2.47. The normalized spacial score (nSPS) is 38.7.